The van der Waals surface area contributed by atoms with Crippen molar-refractivity contribution in [3.8, 4) is 16.9 Å². The highest BCUT2D eigenvalue weighted by Gasteiger charge is 2.31. The molecule has 9 heteroatoms. The second-order valence-electron chi connectivity index (χ2n) is 12.4. The molecule has 0 atom stereocenters. The van der Waals surface area contributed by atoms with Gasteiger partial charge in [-0.25, -0.2) is 0 Å². The zero-order valence-electron chi connectivity index (χ0n) is 28.9. The van der Waals surface area contributed by atoms with Gasteiger partial charge in [0, 0.05) is 56.6 Å². The smallest absolute Gasteiger partial charge is 0.155 e. The fraction of sp³-hybridized carbons (Fsp3) is 0.250. The summed E-state index contributed by atoms with van der Waals surface area (Å²) < 4.78 is 6.10. The number of furan rings is 1. The van der Waals surface area contributed by atoms with E-state index in [1.165, 1.54) is 27.8 Å². The molecule has 0 saturated carbocycles. The van der Waals surface area contributed by atoms with Gasteiger partial charge in [-0.05, 0) is 126 Å². The molecule has 0 amide bonds. The number of phenols is 1. The number of hydrogen-bond donors (Lipinski definition) is 1. The van der Waals surface area contributed by atoms with Crippen LogP contribution in [0.4, 0.5) is 11.4 Å². The Morgan fingerprint density at radius 3 is 1.90 bits per heavy atom. The third kappa shape index (κ3) is 6.38. The van der Waals surface area contributed by atoms with Crippen molar-refractivity contribution < 1.29 is 19.1 Å². The van der Waals surface area contributed by atoms with E-state index in [-0.39, 0.29) is 17.3 Å². The number of benzene rings is 4. The minimum absolute atomic E-state index is 0.00346. The summed E-state index contributed by atoms with van der Waals surface area (Å²) in [6.45, 7) is 17.1. The topological polar surface area (TPSA) is 74.0 Å². The monoisotopic (exact) mass is 710 g/mol. The SMILES string of the molecule is CCN1/C(=C/C(C)=O)Sc2ccc(O)c(-c3cc(C)c(C)cc3Cl)c21.CCN1/C(=C/C(C)=O)Sc2ccc3oc4cc(C)c(C)cc4c3c21. The molecular formula is C40H39ClN2O4S2. The van der Waals surface area contributed by atoms with E-state index in [1.807, 2.05) is 45.0 Å². The summed E-state index contributed by atoms with van der Waals surface area (Å²) >= 11 is 9.71. The minimum Gasteiger partial charge on any atom is -0.507 e. The van der Waals surface area contributed by atoms with Gasteiger partial charge in [0.1, 0.15) is 16.9 Å². The van der Waals surface area contributed by atoms with Gasteiger partial charge in [0.2, 0.25) is 0 Å². The summed E-state index contributed by atoms with van der Waals surface area (Å²) in [5.41, 5.74) is 10.1. The van der Waals surface area contributed by atoms with Crippen LogP contribution < -0.4 is 9.80 Å². The van der Waals surface area contributed by atoms with Crippen molar-refractivity contribution in [2.24, 2.45) is 0 Å². The lowest BCUT2D eigenvalue weighted by Crippen LogP contribution is -2.18. The molecule has 3 heterocycles. The number of phenolic OH excluding ortho intramolecular Hbond substituents is 1. The number of rotatable bonds is 5. The van der Waals surface area contributed by atoms with Gasteiger partial charge < -0.3 is 19.3 Å². The first-order valence-corrected chi connectivity index (χ1v) is 18.3. The van der Waals surface area contributed by atoms with E-state index in [1.54, 1.807) is 43.8 Å². The Labute approximate surface area is 300 Å². The van der Waals surface area contributed by atoms with Crippen LogP contribution in [-0.4, -0.2) is 29.8 Å². The van der Waals surface area contributed by atoms with Crippen LogP contribution in [-0.2, 0) is 9.59 Å². The van der Waals surface area contributed by atoms with Crippen molar-refractivity contribution in [2.75, 3.05) is 22.9 Å². The van der Waals surface area contributed by atoms with Gasteiger partial charge in [0.25, 0.3) is 0 Å². The van der Waals surface area contributed by atoms with Crippen LogP contribution >= 0.6 is 35.1 Å². The Hall–Kier alpha value is -4.11. The molecule has 0 fully saturated rings. The van der Waals surface area contributed by atoms with Crippen molar-refractivity contribution in [1.29, 1.82) is 0 Å². The lowest BCUT2D eigenvalue weighted by atomic mass is 9.97. The molecule has 49 heavy (non-hydrogen) atoms. The second-order valence-corrected chi connectivity index (χ2v) is 15.0. The van der Waals surface area contributed by atoms with Crippen molar-refractivity contribution >= 4 is 80.0 Å². The molecule has 1 aromatic heterocycles. The van der Waals surface area contributed by atoms with Crippen LogP contribution in [0.5, 0.6) is 5.75 Å². The minimum atomic E-state index is 0.00346. The number of ketones is 2. The maximum absolute atomic E-state index is 11.6. The van der Waals surface area contributed by atoms with E-state index >= 15 is 0 Å². The van der Waals surface area contributed by atoms with Gasteiger partial charge in [0.05, 0.1) is 26.8 Å². The summed E-state index contributed by atoms with van der Waals surface area (Å²) in [5.74, 6) is 0.263. The Balaban J connectivity index is 0.000000170. The molecule has 5 aromatic rings. The summed E-state index contributed by atoms with van der Waals surface area (Å²) in [7, 11) is 0. The van der Waals surface area contributed by atoms with Gasteiger partial charge in [-0.2, -0.15) is 0 Å². The number of nitrogens with zero attached hydrogens (tertiary/aromatic N) is 2. The van der Waals surface area contributed by atoms with Crippen LogP contribution in [0.1, 0.15) is 49.9 Å². The molecule has 252 valence electrons. The largest absolute Gasteiger partial charge is 0.507 e. The lowest BCUT2D eigenvalue weighted by molar-refractivity contribution is -0.113. The van der Waals surface area contributed by atoms with Crippen LogP contribution in [0.2, 0.25) is 5.02 Å². The predicted octanol–water partition coefficient (Wildman–Crippen LogP) is 11.3. The standard InChI is InChI=1S/C20H20ClNO2S.C20H19NO2S/c1-5-22-18(10-13(4)23)25-17-7-6-16(24)19(20(17)22)14-8-11(2)12(3)9-15(14)21;1-5-21-18(10-13(4)22)24-17-7-6-15-19(20(17)21)14-8-11(2)12(3)9-16(14)23-15/h6-10,24H,5H2,1-4H3;6-10H,5H2,1-4H3/b2*18-10-. The summed E-state index contributed by atoms with van der Waals surface area (Å²) in [4.78, 5) is 29.6. The van der Waals surface area contributed by atoms with Crippen LogP contribution in [0.15, 0.2) is 84.9 Å². The third-order valence-electron chi connectivity index (χ3n) is 8.95. The Bertz CT molecular complexity index is 2250. The van der Waals surface area contributed by atoms with Gasteiger partial charge in [-0.15, -0.1) is 0 Å². The number of carbonyl (C=O) groups is 2. The highest BCUT2D eigenvalue weighted by Crippen LogP contribution is 2.55. The van der Waals surface area contributed by atoms with E-state index < -0.39 is 0 Å². The normalized spacial score (nSPS) is 15.3. The van der Waals surface area contributed by atoms with Crippen LogP contribution in [0.3, 0.4) is 0 Å². The van der Waals surface area contributed by atoms with E-state index in [0.29, 0.717) is 17.1 Å². The number of aryl methyl sites for hydroxylation is 4. The molecule has 6 nitrogen and oxygen atoms in total. The first kappa shape index (κ1) is 34.7. The average molecular weight is 711 g/mol. The van der Waals surface area contributed by atoms with Crippen molar-refractivity contribution in [3.63, 3.8) is 0 Å². The first-order valence-electron chi connectivity index (χ1n) is 16.3. The van der Waals surface area contributed by atoms with E-state index in [2.05, 4.69) is 48.8 Å². The predicted molar refractivity (Wildman–Crippen MR) is 207 cm³/mol. The summed E-state index contributed by atoms with van der Waals surface area (Å²) in [6, 6.07) is 16.0. The third-order valence-corrected chi connectivity index (χ3v) is 11.5. The summed E-state index contributed by atoms with van der Waals surface area (Å²) in [6.07, 6.45) is 3.36. The molecule has 0 spiro atoms. The Kier molecular flexibility index (Phi) is 9.68. The second kappa shape index (κ2) is 13.7. The highest BCUT2D eigenvalue weighted by atomic mass is 35.5. The molecule has 2 aliphatic rings. The van der Waals surface area contributed by atoms with Gasteiger partial charge in [-0.1, -0.05) is 35.1 Å². The van der Waals surface area contributed by atoms with Gasteiger partial charge in [0.15, 0.2) is 11.6 Å². The first-order chi connectivity index (χ1) is 23.3. The molecule has 1 N–H and O–H groups in total. The molecule has 0 saturated heterocycles. The molecule has 0 radical (unpaired) electrons. The number of aromatic hydroxyl groups is 1. The van der Waals surface area contributed by atoms with E-state index in [4.69, 9.17) is 16.0 Å². The molecular weight excluding hydrogens is 672 g/mol. The lowest BCUT2D eigenvalue weighted by Gasteiger charge is -2.22. The molecule has 0 unspecified atom stereocenters. The van der Waals surface area contributed by atoms with Gasteiger partial charge >= 0.3 is 0 Å². The fourth-order valence-electron chi connectivity index (χ4n) is 6.33. The zero-order chi connectivity index (χ0) is 35.3. The van der Waals surface area contributed by atoms with Gasteiger partial charge in [-0.3, -0.25) is 9.59 Å². The number of carbonyl (C=O) groups excluding carboxylic acids is 2. The molecule has 2 aliphatic heterocycles. The molecule has 4 aromatic carbocycles. The van der Waals surface area contributed by atoms with Crippen LogP contribution in [0.25, 0.3) is 33.1 Å². The Morgan fingerprint density at radius 1 is 0.755 bits per heavy atom. The number of anilines is 2. The van der Waals surface area contributed by atoms with Crippen molar-refractivity contribution in [1.82, 2.24) is 0 Å². The number of allylic oxidation sites excluding steroid dienone is 2. The molecule has 0 bridgehead atoms. The maximum Gasteiger partial charge on any atom is 0.155 e. The van der Waals surface area contributed by atoms with Crippen molar-refractivity contribution in [3.05, 3.63) is 98.0 Å². The number of fused-ring (bicyclic) bond motifs is 6. The zero-order valence-corrected chi connectivity index (χ0v) is 31.3. The van der Waals surface area contributed by atoms with Crippen LogP contribution in [0, 0.1) is 27.7 Å². The van der Waals surface area contributed by atoms with E-state index in [9.17, 15) is 14.7 Å². The number of thioether (sulfide) groups is 2. The van der Waals surface area contributed by atoms with E-state index in [0.717, 1.165) is 71.5 Å². The number of halogens is 1. The fourth-order valence-corrected chi connectivity index (χ4v) is 9.10. The molecule has 0 aliphatic carbocycles. The Morgan fingerprint density at radius 2 is 1.29 bits per heavy atom. The molecule has 7 rings (SSSR count). The average Bonchev–Trinajstić information content (AvgIpc) is 3.69. The summed E-state index contributed by atoms with van der Waals surface area (Å²) in [5, 5.41) is 15.4. The quantitative estimate of drug-likeness (QED) is 0.181. The van der Waals surface area contributed by atoms with Crippen molar-refractivity contribution in [2.45, 2.75) is 65.2 Å². The highest BCUT2D eigenvalue weighted by molar-refractivity contribution is 8.04. The number of hydrogen-bond acceptors (Lipinski definition) is 8. The maximum atomic E-state index is 11.6.